The molecule has 0 amide bonds. The first kappa shape index (κ1) is 37.3. The normalized spacial score (nSPS) is 20.3. The summed E-state index contributed by atoms with van der Waals surface area (Å²) in [6, 6.07) is 19.9. The van der Waals surface area contributed by atoms with Crippen LogP contribution in [0.1, 0.15) is 59.1 Å². The Bertz CT molecular complexity index is 2050. The fraction of sp³-hybridized carbons (Fsp3) is 0.463. The van der Waals surface area contributed by atoms with Crippen LogP contribution in [0.5, 0.6) is 5.75 Å². The second-order valence-corrected chi connectivity index (χ2v) is 15.7. The highest BCUT2D eigenvalue weighted by atomic mass is 19.1. The molecule has 2 saturated heterocycles. The summed E-state index contributed by atoms with van der Waals surface area (Å²) in [4.78, 5) is 22.2. The third-order valence-corrected chi connectivity index (χ3v) is 11.3. The molecule has 0 bridgehead atoms. The van der Waals surface area contributed by atoms with E-state index in [1.165, 1.54) is 18.5 Å². The Labute approximate surface area is 315 Å². The molecule has 286 valence electrons. The summed E-state index contributed by atoms with van der Waals surface area (Å²) < 4.78 is 46.1. The fourth-order valence-corrected chi connectivity index (χ4v) is 7.84. The Balaban J connectivity index is 0.922. The van der Waals surface area contributed by atoms with E-state index in [0.29, 0.717) is 25.2 Å². The van der Waals surface area contributed by atoms with Crippen LogP contribution in [0, 0.1) is 28.9 Å². The minimum atomic E-state index is -1.01. The van der Waals surface area contributed by atoms with Gasteiger partial charge < -0.3 is 19.3 Å². The van der Waals surface area contributed by atoms with E-state index in [1.807, 2.05) is 24.3 Å². The van der Waals surface area contributed by atoms with Crippen LogP contribution in [-0.4, -0.2) is 68.5 Å². The predicted octanol–water partition coefficient (Wildman–Crippen LogP) is 6.87. The first-order valence-electron chi connectivity index (χ1n) is 18.9. The number of ether oxygens (including phenoxy) is 2. The van der Waals surface area contributed by atoms with Gasteiger partial charge in [0.15, 0.2) is 0 Å². The van der Waals surface area contributed by atoms with Crippen molar-refractivity contribution in [2.24, 2.45) is 17.3 Å². The number of nitrogens with zero attached hydrogens (tertiary/aromatic N) is 8. The molecule has 5 aromatic rings. The monoisotopic (exact) mass is 740 g/mol. The number of hydrogen-bond donors (Lipinski definition) is 0. The lowest BCUT2D eigenvalue weighted by Gasteiger charge is -2.37. The highest BCUT2D eigenvalue weighted by molar-refractivity contribution is 5.54. The van der Waals surface area contributed by atoms with E-state index in [4.69, 9.17) is 9.47 Å². The Morgan fingerprint density at radius 1 is 0.907 bits per heavy atom. The van der Waals surface area contributed by atoms with Crippen molar-refractivity contribution in [2.45, 2.75) is 65.6 Å². The second-order valence-electron chi connectivity index (χ2n) is 15.7. The molecule has 4 heterocycles. The highest BCUT2D eigenvalue weighted by Gasteiger charge is 2.44. The third-order valence-electron chi connectivity index (χ3n) is 11.3. The van der Waals surface area contributed by atoms with Gasteiger partial charge in [0.2, 0.25) is 0 Å². The van der Waals surface area contributed by atoms with Crippen LogP contribution in [0.3, 0.4) is 0 Å². The van der Waals surface area contributed by atoms with Crippen molar-refractivity contribution in [2.75, 3.05) is 49.2 Å². The van der Waals surface area contributed by atoms with Crippen molar-refractivity contribution >= 4 is 11.4 Å². The van der Waals surface area contributed by atoms with Gasteiger partial charge in [-0.25, -0.2) is 32.5 Å². The molecule has 0 N–H and O–H groups in total. The average molecular weight is 741 g/mol. The molecule has 4 atom stereocenters. The molecule has 2 fully saturated rings. The maximum atomic E-state index is 15.0. The Hall–Kier alpha value is -5.04. The lowest BCUT2D eigenvalue weighted by atomic mass is 9.77. The van der Waals surface area contributed by atoms with Crippen molar-refractivity contribution in [1.29, 1.82) is 0 Å². The van der Waals surface area contributed by atoms with Crippen LogP contribution in [0.2, 0.25) is 0 Å². The van der Waals surface area contributed by atoms with Gasteiger partial charge in [0.05, 0.1) is 31.5 Å². The summed E-state index contributed by atoms with van der Waals surface area (Å²) >= 11 is 0. The van der Waals surface area contributed by atoms with Crippen molar-refractivity contribution in [1.82, 2.24) is 29.1 Å². The zero-order valence-electron chi connectivity index (χ0n) is 31.7. The van der Waals surface area contributed by atoms with Crippen molar-refractivity contribution < 1.29 is 18.3 Å². The molecule has 2 aliphatic heterocycles. The molecule has 11 nitrogen and oxygen atoms in total. The molecule has 0 aliphatic carbocycles. The first-order valence-corrected chi connectivity index (χ1v) is 18.9. The second kappa shape index (κ2) is 15.4. The van der Waals surface area contributed by atoms with Gasteiger partial charge in [0, 0.05) is 55.1 Å². The molecule has 7 rings (SSSR count). The molecule has 13 heteroatoms. The Kier molecular flexibility index (Phi) is 10.6. The smallest absolute Gasteiger partial charge is 0.350 e. The van der Waals surface area contributed by atoms with Gasteiger partial charge in [0.25, 0.3) is 0 Å². The predicted molar refractivity (Wildman–Crippen MR) is 204 cm³/mol. The quantitative estimate of drug-likeness (QED) is 0.137. The van der Waals surface area contributed by atoms with E-state index in [1.54, 1.807) is 26.6 Å². The van der Waals surface area contributed by atoms with Crippen LogP contribution in [0.25, 0.3) is 5.69 Å². The Morgan fingerprint density at radius 2 is 1.56 bits per heavy atom. The Morgan fingerprint density at radius 3 is 2.15 bits per heavy atom. The van der Waals surface area contributed by atoms with E-state index in [9.17, 15) is 13.6 Å². The van der Waals surface area contributed by atoms with Gasteiger partial charge in [0.1, 0.15) is 42.0 Å². The van der Waals surface area contributed by atoms with Crippen LogP contribution in [0.4, 0.5) is 20.2 Å². The summed E-state index contributed by atoms with van der Waals surface area (Å²) in [5, 5.41) is 8.72. The third kappa shape index (κ3) is 7.77. The van der Waals surface area contributed by atoms with E-state index in [0.717, 1.165) is 61.5 Å². The first-order chi connectivity index (χ1) is 25.9. The summed E-state index contributed by atoms with van der Waals surface area (Å²) in [5.74, 6) is -0.244. The largest absolute Gasteiger partial charge is 0.493 e. The number of anilines is 2. The van der Waals surface area contributed by atoms with Crippen LogP contribution in [-0.2, 0) is 16.9 Å². The van der Waals surface area contributed by atoms with Crippen LogP contribution < -0.4 is 20.2 Å². The summed E-state index contributed by atoms with van der Waals surface area (Å²) in [5.41, 5.74) is 2.30. The molecule has 3 aromatic carbocycles. The number of hydrogen-bond acceptors (Lipinski definition) is 8. The summed E-state index contributed by atoms with van der Waals surface area (Å²) in [7, 11) is 0. The maximum absolute atomic E-state index is 15.0. The fourth-order valence-electron chi connectivity index (χ4n) is 7.84. The molecular formula is C41H50F2N8O3. The average Bonchev–Trinajstić information content (AvgIpc) is 3.92. The minimum absolute atomic E-state index is 0.00544. The highest BCUT2D eigenvalue weighted by Crippen LogP contribution is 2.42. The van der Waals surface area contributed by atoms with Gasteiger partial charge >= 0.3 is 5.69 Å². The molecule has 54 heavy (non-hydrogen) atoms. The van der Waals surface area contributed by atoms with E-state index >= 15 is 0 Å². The van der Waals surface area contributed by atoms with E-state index in [2.05, 4.69) is 83.9 Å². The molecule has 2 aromatic heterocycles. The van der Waals surface area contributed by atoms with Gasteiger partial charge in [-0.05, 0) is 78.8 Å². The summed E-state index contributed by atoms with van der Waals surface area (Å²) in [6.45, 7) is 15.4. The maximum Gasteiger partial charge on any atom is 0.350 e. The lowest BCUT2D eigenvalue weighted by Crippen LogP contribution is -2.46. The molecule has 2 aliphatic rings. The molecule has 1 unspecified atom stereocenters. The van der Waals surface area contributed by atoms with E-state index in [-0.39, 0.29) is 35.5 Å². The van der Waals surface area contributed by atoms with Crippen LogP contribution >= 0.6 is 0 Å². The molecule has 0 saturated carbocycles. The van der Waals surface area contributed by atoms with Crippen molar-refractivity contribution in [3.8, 4) is 11.4 Å². The lowest BCUT2D eigenvalue weighted by molar-refractivity contribution is -0.0206. The molecule has 0 radical (unpaired) electrons. The SMILES string of the molecule is CC[C@@H]([C@H](C)C(C)(C)C)n1ncn(-c2ccc(N3CCN(c4ccc(OC[C@H]5COC(Cn6cncn6)(c6ccc(F)cc6F)C5)cc4)CC3)cc2)c1=O. The molecular weight excluding hydrogens is 691 g/mol. The number of benzene rings is 3. The number of rotatable bonds is 12. The van der Waals surface area contributed by atoms with Gasteiger partial charge in [-0.15, -0.1) is 0 Å². The van der Waals surface area contributed by atoms with Gasteiger partial charge in [-0.3, -0.25) is 0 Å². The molecule has 0 spiro atoms. The number of halogens is 2. The van der Waals surface area contributed by atoms with Crippen molar-refractivity contribution in [3.63, 3.8) is 0 Å². The zero-order valence-corrected chi connectivity index (χ0v) is 31.7. The van der Waals surface area contributed by atoms with Gasteiger partial charge in [-0.2, -0.15) is 10.2 Å². The number of piperazine rings is 1. The van der Waals surface area contributed by atoms with E-state index < -0.39 is 17.2 Å². The van der Waals surface area contributed by atoms with Crippen molar-refractivity contribution in [3.05, 3.63) is 113 Å². The van der Waals surface area contributed by atoms with Crippen LogP contribution in [0.15, 0.2) is 90.5 Å². The topological polar surface area (TPSA) is 95.5 Å². The number of aromatic nitrogens is 6. The minimum Gasteiger partial charge on any atom is -0.493 e. The zero-order chi connectivity index (χ0) is 38.0. The summed E-state index contributed by atoms with van der Waals surface area (Å²) in [6.07, 6.45) is 5.95. The van der Waals surface area contributed by atoms with Gasteiger partial charge in [-0.1, -0.05) is 40.7 Å². The standard InChI is InChI=1S/C41H50F2N8O3/c1-6-38(29(2)40(3,4)5)51-39(52)50(28-46-51)34-10-8-32(9-11-34)47-17-19-48(20-18-47)33-12-14-35(15-13-33)53-23-30-22-41(54-24-30,25-49-27-44-26-45-49)36-16-7-31(42)21-37(36)43/h7-16,21,26-30,38H,6,17-20,22-25H2,1-5H3/t29-,30-,38-,41?/m0/s1.